The third kappa shape index (κ3) is 5.25. The molecule has 1 saturated heterocycles. The lowest BCUT2D eigenvalue weighted by Gasteiger charge is -2.40. The Morgan fingerprint density at radius 1 is 1.22 bits per heavy atom. The van der Waals surface area contributed by atoms with Crippen LogP contribution in [0.1, 0.15) is 34.1 Å². The first-order valence-corrected chi connectivity index (χ1v) is 7.48. The van der Waals surface area contributed by atoms with Crippen molar-refractivity contribution >= 4 is 0 Å². The van der Waals surface area contributed by atoms with Gasteiger partial charge in [0, 0.05) is 26.2 Å². The van der Waals surface area contributed by atoms with Crippen LogP contribution in [0.15, 0.2) is 0 Å². The van der Waals surface area contributed by atoms with E-state index in [0.29, 0.717) is 12.0 Å². The standard InChI is InChI=1S/C15H32N2O/c1-12(2)8-16-9-15(11-18-5)17-7-6-13(3)14(4)10-17/h12-16H,6-11H2,1-5H3. The van der Waals surface area contributed by atoms with Crippen LogP contribution in [-0.2, 0) is 4.74 Å². The molecule has 1 rings (SSSR count). The molecule has 1 aliphatic rings. The molecule has 1 heterocycles. The largest absolute Gasteiger partial charge is 0.383 e. The van der Waals surface area contributed by atoms with Gasteiger partial charge in [-0.05, 0) is 37.3 Å². The molecule has 1 aliphatic heterocycles. The summed E-state index contributed by atoms with van der Waals surface area (Å²) in [5.41, 5.74) is 0. The summed E-state index contributed by atoms with van der Waals surface area (Å²) >= 11 is 0. The van der Waals surface area contributed by atoms with Crippen LogP contribution in [0.2, 0.25) is 0 Å². The van der Waals surface area contributed by atoms with Crippen molar-refractivity contribution < 1.29 is 4.74 Å². The van der Waals surface area contributed by atoms with Gasteiger partial charge in [-0.3, -0.25) is 4.90 Å². The maximum Gasteiger partial charge on any atom is 0.0630 e. The minimum atomic E-state index is 0.531. The predicted molar refractivity (Wildman–Crippen MR) is 77.9 cm³/mol. The van der Waals surface area contributed by atoms with Crippen molar-refractivity contribution in [3.63, 3.8) is 0 Å². The molecule has 0 amide bonds. The SMILES string of the molecule is COCC(CNCC(C)C)N1CCC(C)C(C)C1. The second-order valence-corrected chi connectivity index (χ2v) is 6.40. The van der Waals surface area contributed by atoms with Crippen LogP contribution in [0.3, 0.4) is 0 Å². The van der Waals surface area contributed by atoms with Gasteiger partial charge < -0.3 is 10.1 Å². The topological polar surface area (TPSA) is 24.5 Å². The lowest BCUT2D eigenvalue weighted by atomic mass is 9.88. The molecule has 0 spiro atoms. The van der Waals surface area contributed by atoms with Gasteiger partial charge in [0.15, 0.2) is 0 Å². The van der Waals surface area contributed by atoms with Crippen LogP contribution in [0.4, 0.5) is 0 Å². The van der Waals surface area contributed by atoms with Crippen LogP contribution in [0, 0.1) is 17.8 Å². The van der Waals surface area contributed by atoms with Crippen LogP contribution in [0.5, 0.6) is 0 Å². The van der Waals surface area contributed by atoms with E-state index in [9.17, 15) is 0 Å². The van der Waals surface area contributed by atoms with Crippen LogP contribution in [-0.4, -0.2) is 50.8 Å². The van der Waals surface area contributed by atoms with Gasteiger partial charge in [-0.25, -0.2) is 0 Å². The zero-order chi connectivity index (χ0) is 13.5. The summed E-state index contributed by atoms with van der Waals surface area (Å²) in [6.45, 7) is 14.7. The Labute approximate surface area is 113 Å². The van der Waals surface area contributed by atoms with Crippen LogP contribution in [0.25, 0.3) is 0 Å². The van der Waals surface area contributed by atoms with E-state index in [-0.39, 0.29) is 0 Å². The summed E-state index contributed by atoms with van der Waals surface area (Å²) in [4.78, 5) is 2.61. The molecular weight excluding hydrogens is 224 g/mol. The van der Waals surface area contributed by atoms with Gasteiger partial charge in [-0.1, -0.05) is 27.7 Å². The van der Waals surface area contributed by atoms with Gasteiger partial charge in [0.25, 0.3) is 0 Å². The fourth-order valence-electron chi connectivity index (χ4n) is 2.65. The van der Waals surface area contributed by atoms with E-state index >= 15 is 0 Å². The van der Waals surface area contributed by atoms with E-state index in [1.54, 1.807) is 0 Å². The lowest BCUT2D eigenvalue weighted by molar-refractivity contribution is 0.0458. The lowest BCUT2D eigenvalue weighted by Crippen LogP contribution is -2.50. The van der Waals surface area contributed by atoms with Crippen molar-refractivity contribution in [1.82, 2.24) is 10.2 Å². The number of methoxy groups -OCH3 is 1. The van der Waals surface area contributed by atoms with Gasteiger partial charge in [-0.15, -0.1) is 0 Å². The maximum atomic E-state index is 5.40. The summed E-state index contributed by atoms with van der Waals surface area (Å²) in [6, 6.07) is 0.531. The second-order valence-electron chi connectivity index (χ2n) is 6.40. The molecule has 0 radical (unpaired) electrons. The number of nitrogens with zero attached hydrogens (tertiary/aromatic N) is 1. The molecule has 0 bridgehead atoms. The molecule has 0 aromatic heterocycles. The van der Waals surface area contributed by atoms with Crippen molar-refractivity contribution in [3.05, 3.63) is 0 Å². The van der Waals surface area contributed by atoms with Gasteiger partial charge in [0.2, 0.25) is 0 Å². The molecule has 0 aliphatic carbocycles. The summed E-state index contributed by atoms with van der Waals surface area (Å²) < 4.78 is 5.40. The van der Waals surface area contributed by atoms with Gasteiger partial charge in [0.05, 0.1) is 6.61 Å². The second kappa shape index (κ2) is 8.13. The quantitative estimate of drug-likeness (QED) is 0.756. The molecule has 3 heteroatoms. The van der Waals surface area contributed by atoms with Gasteiger partial charge in [0.1, 0.15) is 0 Å². The maximum absolute atomic E-state index is 5.40. The monoisotopic (exact) mass is 256 g/mol. The molecule has 108 valence electrons. The van der Waals surface area contributed by atoms with Gasteiger partial charge in [-0.2, -0.15) is 0 Å². The molecule has 18 heavy (non-hydrogen) atoms. The van der Waals surface area contributed by atoms with Crippen LogP contribution < -0.4 is 5.32 Å². The summed E-state index contributed by atoms with van der Waals surface area (Å²) in [5, 5.41) is 3.57. The average molecular weight is 256 g/mol. The van der Waals surface area contributed by atoms with Crippen molar-refractivity contribution in [2.75, 3.05) is 39.9 Å². The first-order chi connectivity index (χ1) is 8.54. The Balaban J connectivity index is 2.40. The normalized spacial score (nSPS) is 27.7. The number of hydrogen-bond acceptors (Lipinski definition) is 3. The van der Waals surface area contributed by atoms with Gasteiger partial charge >= 0.3 is 0 Å². The Hall–Kier alpha value is -0.120. The van der Waals surface area contributed by atoms with E-state index in [1.165, 1.54) is 19.5 Å². The predicted octanol–water partition coefficient (Wildman–Crippen LogP) is 2.22. The molecule has 3 atom stereocenters. The molecule has 1 fully saturated rings. The Bertz CT molecular complexity index is 221. The first-order valence-electron chi connectivity index (χ1n) is 7.48. The summed E-state index contributed by atoms with van der Waals surface area (Å²) in [5.74, 6) is 2.39. The van der Waals surface area contributed by atoms with Crippen molar-refractivity contribution in [2.24, 2.45) is 17.8 Å². The number of hydrogen-bond donors (Lipinski definition) is 1. The fourth-order valence-corrected chi connectivity index (χ4v) is 2.65. The van der Waals surface area contributed by atoms with Crippen molar-refractivity contribution in [1.29, 1.82) is 0 Å². The fraction of sp³-hybridized carbons (Fsp3) is 1.00. The highest BCUT2D eigenvalue weighted by atomic mass is 16.5. The Morgan fingerprint density at radius 2 is 1.94 bits per heavy atom. The summed E-state index contributed by atoms with van der Waals surface area (Å²) in [6.07, 6.45) is 1.32. The highest BCUT2D eigenvalue weighted by Gasteiger charge is 2.27. The number of likely N-dealkylation sites (tertiary alicyclic amines) is 1. The third-order valence-corrected chi connectivity index (χ3v) is 4.17. The first kappa shape index (κ1) is 15.9. The minimum absolute atomic E-state index is 0.531. The van der Waals surface area contributed by atoms with E-state index in [4.69, 9.17) is 4.74 Å². The average Bonchev–Trinajstić information content (AvgIpc) is 2.31. The molecule has 3 nitrogen and oxygen atoms in total. The Morgan fingerprint density at radius 3 is 2.50 bits per heavy atom. The zero-order valence-corrected chi connectivity index (χ0v) is 12.9. The zero-order valence-electron chi connectivity index (χ0n) is 12.9. The number of rotatable bonds is 7. The van der Waals surface area contributed by atoms with E-state index < -0.39 is 0 Å². The number of ether oxygens (including phenoxy) is 1. The van der Waals surface area contributed by atoms with Crippen molar-refractivity contribution in [2.45, 2.75) is 40.2 Å². The molecule has 0 saturated carbocycles. The highest BCUT2D eigenvalue weighted by Crippen LogP contribution is 2.23. The molecular formula is C15H32N2O. The smallest absolute Gasteiger partial charge is 0.0630 e. The molecule has 0 aromatic rings. The van der Waals surface area contributed by atoms with E-state index in [2.05, 4.69) is 37.9 Å². The number of piperidine rings is 1. The van der Waals surface area contributed by atoms with Crippen molar-refractivity contribution in [3.8, 4) is 0 Å². The minimum Gasteiger partial charge on any atom is -0.383 e. The van der Waals surface area contributed by atoms with Crippen LogP contribution >= 0.6 is 0 Å². The number of nitrogens with one attached hydrogen (secondary N) is 1. The molecule has 3 unspecified atom stereocenters. The molecule has 1 N–H and O–H groups in total. The van der Waals surface area contributed by atoms with E-state index in [0.717, 1.165) is 31.5 Å². The highest BCUT2D eigenvalue weighted by molar-refractivity contribution is 4.82. The summed E-state index contributed by atoms with van der Waals surface area (Å²) in [7, 11) is 1.81. The Kier molecular flexibility index (Phi) is 7.20. The third-order valence-electron chi connectivity index (χ3n) is 4.17. The van der Waals surface area contributed by atoms with E-state index in [1.807, 2.05) is 7.11 Å². The molecule has 0 aromatic carbocycles.